The van der Waals surface area contributed by atoms with E-state index in [0.717, 1.165) is 43.8 Å². The normalized spacial score (nSPS) is 16.8. The lowest BCUT2D eigenvalue weighted by Crippen LogP contribution is -2.41. The van der Waals surface area contributed by atoms with Crippen molar-refractivity contribution in [3.63, 3.8) is 0 Å². The number of halogens is 1. The summed E-state index contributed by atoms with van der Waals surface area (Å²) in [6.45, 7) is 2.37. The summed E-state index contributed by atoms with van der Waals surface area (Å²) in [6.07, 6.45) is 1.34. The minimum absolute atomic E-state index is 0.00341. The van der Waals surface area contributed by atoms with Crippen LogP contribution in [0.15, 0.2) is 53.4 Å². The quantitative estimate of drug-likeness (QED) is 0.494. The molecular formula is C22H28ClN3O6S2. The molecule has 186 valence electrons. The first-order valence-electron chi connectivity index (χ1n) is 10.6. The summed E-state index contributed by atoms with van der Waals surface area (Å²) in [5.41, 5.74) is 0.883. The number of nitrogens with two attached hydrogens (primary N) is 1. The molecule has 34 heavy (non-hydrogen) atoms. The molecule has 2 atom stereocenters. The average Bonchev–Trinajstić information content (AvgIpc) is 3.28. The minimum Gasteiger partial charge on any atom is -0.335 e. The van der Waals surface area contributed by atoms with Gasteiger partial charge in [0.1, 0.15) is 4.90 Å². The fourth-order valence-electron chi connectivity index (χ4n) is 3.99. The van der Waals surface area contributed by atoms with Crippen molar-refractivity contribution in [3.8, 4) is 0 Å². The first kappa shape index (κ1) is 26.6. The molecule has 0 radical (unpaired) electrons. The second-order valence-corrected chi connectivity index (χ2v) is 11.8. The molecule has 0 aliphatic carbocycles. The summed E-state index contributed by atoms with van der Waals surface area (Å²) in [5, 5.41) is 5.08. The van der Waals surface area contributed by atoms with Crippen LogP contribution in [0.25, 0.3) is 0 Å². The van der Waals surface area contributed by atoms with Crippen molar-refractivity contribution in [1.29, 1.82) is 0 Å². The van der Waals surface area contributed by atoms with Crippen molar-refractivity contribution in [2.75, 3.05) is 32.9 Å². The Labute approximate surface area is 205 Å². The van der Waals surface area contributed by atoms with Crippen LogP contribution in [0.2, 0.25) is 5.02 Å². The topological polar surface area (TPSA) is 127 Å². The molecule has 2 aromatic rings. The zero-order valence-electron chi connectivity index (χ0n) is 18.9. The largest absolute Gasteiger partial charge is 0.335 e. The number of likely N-dealkylation sites (tertiary alicyclic amines) is 1. The van der Waals surface area contributed by atoms with Crippen LogP contribution < -0.4 is 5.14 Å². The van der Waals surface area contributed by atoms with Gasteiger partial charge in [-0.2, -0.15) is 8.42 Å². The van der Waals surface area contributed by atoms with Gasteiger partial charge < -0.3 is 9.80 Å². The monoisotopic (exact) mass is 529 g/mol. The molecule has 12 heteroatoms. The molecule has 1 heterocycles. The molecule has 0 bridgehead atoms. The van der Waals surface area contributed by atoms with E-state index >= 15 is 0 Å². The lowest BCUT2D eigenvalue weighted by Gasteiger charge is -2.34. The number of hydrogen-bond donors (Lipinski definition) is 1. The summed E-state index contributed by atoms with van der Waals surface area (Å²) < 4.78 is 53.1. The van der Waals surface area contributed by atoms with Gasteiger partial charge >= 0.3 is 0 Å². The van der Waals surface area contributed by atoms with Crippen LogP contribution in [0, 0.1) is 0 Å². The van der Waals surface area contributed by atoms with E-state index in [1.165, 1.54) is 17.0 Å². The highest BCUT2D eigenvalue weighted by molar-refractivity contribution is 7.89. The number of amides is 1. The Kier molecular flexibility index (Phi) is 8.38. The van der Waals surface area contributed by atoms with Crippen molar-refractivity contribution >= 4 is 37.6 Å². The molecule has 1 amide bonds. The molecule has 1 aliphatic rings. The van der Waals surface area contributed by atoms with Crippen molar-refractivity contribution < 1.29 is 25.8 Å². The first-order chi connectivity index (χ1) is 15.9. The van der Waals surface area contributed by atoms with E-state index in [1.807, 2.05) is 30.3 Å². The molecule has 2 unspecified atom stereocenters. The van der Waals surface area contributed by atoms with E-state index in [9.17, 15) is 21.6 Å². The highest BCUT2D eigenvalue weighted by atomic mass is 35.5. The second kappa shape index (κ2) is 10.7. The Hall–Kier alpha value is -2.02. The van der Waals surface area contributed by atoms with Gasteiger partial charge in [0.25, 0.3) is 16.0 Å². The maximum absolute atomic E-state index is 13.7. The average molecular weight is 530 g/mol. The lowest BCUT2D eigenvalue weighted by molar-refractivity contribution is -0.140. The van der Waals surface area contributed by atoms with Crippen LogP contribution in [0.4, 0.5) is 0 Å². The molecular weight excluding hydrogens is 502 g/mol. The van der Waals surface area contributed by atoms with E-state index in [0.29, 0.717) is 6.54 Å². The van der Waals surface area contributed by atoms with Gasteiger partial charge in [0, 0.05) is 13.6 Å². The Morgan fingerprint density at radius 3 is 2.26 bits per heavy atom. The molecule has 1 saturated heterocycles. The van der Waals surface area contributed by atoms with E-state index in [2.05, 4.69) is 4.90 Å². The molecule has 3 rings (SSSR count). The van der Waals surface area contributed by atoms with Crippen molar-refractivity contribution in [1.82, 2.24) is 9.80 Å². The number of likely N-dealkylation sites (N-methyl/N-ethyl adjacent to an activating group) is 1. The Balaban J connectivity index is 2.02. The molecule has 0 aromatic heterocycles. The SMILES string of the molecule is CN(C(=O)C(OS(C)(=O)=O)c1ccc(Cl)c(S(N)(=O)=O)c1)C(CN1CCCC1)c1ccccc1. The predicted molar refractivity (Wildman–Crippen MR) is 129 cm³/mol. The second-order valence-electron chi connectivity index (χ2n) is 8.30. The van der Waals surface area contributed by atoms with Crippen molar-refractivity contribution in [2.24, 2.45) is 5.14 Å². The van der Waals surface area contributed by atoms with Gasteiger partial charge in [-0.3, -0.25) is 8.98 Å². The summed E-state index contributed by atoms with van der Waals surface area (Å²) >= 11 is 5.97. The highest BCUT2D eigenvalue weighted by Crippen LogP contribution is 2.31. The van der Waals surface area contributed by atoms with Crippen LogP contribution in [0.3, 0.4) is 0 Å². The van der Waals surface area contributed by atoms with Crippen molar-refractivity contribution in [2.45, 2.75) is 29.9 Å². The zero-order chi connectivity index (χ0) is 25.1. The molecule has 0 saturated carbocycles. The Bertz CT molecular complexity index is 1230. The van der Waals surface area contributed by atoms with Crippen molar-refractivity contribution in [3.05, 3.63) is 64.7 Å². The third-order valence-electron chi connectivity index (χ3n) is 5.69. The summed E-state index contributed by atoms with van der Waals surface area (Å²) in [4.78, 5) is 16.9. The van der Waals surface area contributed by atoms with Gasteiger partial charge in [0.2, 0.25) is 10.0 Å². The predicted octanol–water partition coefficient (Wildman–Crippen LogP) is 2.30. The third kappa shape index (κ3) is 6.77. The highest BCUT2D eigenvalue weighted by Gasteiger charge is 2.34. The number of benzene rings is 2. The molecule has 9 nitrogen and oxygen atoms in total. The molecule has 1 aliphatic heterocycles. The number of carbonyl (C=O) groups excluding carboxylic acids is 1. The zero-order valence-corrected chi connectivity index (χ0v) is 21.3. The number of nitrogens with zero attached hydrogens (tertiary/aromatic N) is 2. The fraction of sp³-hybridized carbons (Fsp3) is 0.409. The van der Waals surface area contributed by atoms with Gasteiger partial charge in [-0.1, -0.05) is 48.0 Å². The molecule has 0 spiro atoms. The van der Waals surface area contributed by atoms with Gasteiger partial charge in [0.05, 0.1) is 17.3 Å². The maximum Gasteiger partial charge on any atom is 0.265 e. The number of primary sulfonamides is 1. The molecule has 1 fully saturated rings. The van der Waals surface area contributed by atoms with Crippen LogP contribution in [0.5, 0.6) is 0 Å². The van der Waals surface area contributed by atoms with Gasteiger partial charge in [-0.05, 0) is 49.2 Å². The third-order valence-corrected chi connectivity index (χ3v) is 7.62. The number of carbonyl (C=O) groups is 1. The van der Waals surface area contributed by atoms with Crippen LogP contribution >= 0.6 is 11.6 Å². The smallest absolute Gasteiger partial charge is 0.265 e. The van der Waals surface area contributed by atoms with E-state index in [4.69, 9.17) is 20.9 Å². The standard InChI is InChI=1S/C22H28ClN3O6S2/c1-25(19(15-26-12-6-7-13-26)16-8-4-3-5-9-16)22(27)21(32-33(2,28)29)17-10-11-18(23)20(14-17)34(24,30)31/h3-5,8-11,14,19,21H,6-7,12-13,15H2,1-2H3,(H2,24,30,31). The number of rotatable bonds is 9. The van der Waals surface area contributed by atoms with Crippen LogP contribution in [0.1, 0.15) is 36.1 Å². The minimum atomic E-state index is -4.22. The van der Waals surface area contributed by atoms with E-state index in [1.54, 1.807) is 7.05 Å². The van der Waals surface area contributed by atoms with E-state index < -0.39 is 37.0 Å². The van der Waals surface area contributed by atoms with Crippen LogP contribution in [-0.4, -0.2) is 65.5 Å². The maximum atomic E-state index is 13.7. The molecule has 2 aromatic carbocycles. The lowest BCUT2D eigenvalue weighted by atomic mass is 10.0. The van der Waals surface area contributed by atoms with Gasteiger partial charge in [0.15, 0.2) is 6.10 Å². The van der Waals surface area contributed by atoms with Crippen LogP contribution in [-0.2, 0) is 29.1 Å². The van der Waals surface area contributed by atoms with E-state index in [-0.39, 0.29) is 16.6 Å². The Morgan fingerprint density at radius 2 is 1.71 bits per heavy atom. The summed E-state index contributed by atoms with van der Waals surface area (Å²) in [7, 11) is -6.74. The summed E-state index contributed by atoms with van der Waals surface area (Å²) in [6, 6.07) is 12.7. The first-order valence-corrected chi connectivity index (χ1v) is 14.4. The number of sulfonamides is 1. The Morgan fingerprint density at radius 1 is 1.09 bits per heavy atom. The molecule has 2 N–H and O–H groups in total. The summed E-state index contributed by atoms with van der Waals surface area (Å²) in [5.74, 6) is -0.652. The van der Waals surface area contributed by atoms with Gasteiger partial charge in [-0.25, -0.2) is 13.6 Å². The van der Waals surface area contributed by atoms with Gasteiger partial charge in [-0.15, -0.1) is 0 Å². The fourth-order valence-corrected chi connectivity index (χ4v) is 5.61. The number of hydrogen-bond acceptors (Lipinski definition) is 7.